The Morgan fingerprint density at radius 3 is 2.65 bits per heavy atom. The van der Waals surface area contributed by atoms with Gasteiger partial charge < -0.3 is 0 Å². The first-order valence-electron chi connectivity index (χ1n) is 6.18. The van der Waals surface area contributed by atoms with Crippen LogP contribution in [0.1, 0.15) is 15.9 Å². The topological polar surface area (TPSA) is 42.9 Å². The number of pyridine rings is 2. The SMILES string of the molecule is Cc1ccc2nc(-c3ccccn3)cc(C(=O)Cl)c2c1. The van der Waals surface area contributed by atoms with Crippen LogP contribution < -0.4 is 0 Å². The average Bonchev–Trinajstić information content (AvgIpc) is 2.47. The zero-order chi connectivity index (χ0) is 14.1. The third-order valence-electron chi connectivity index (χ3n) is 3.10. The Labute approximate surface area is 121 Å². The predicted molar refractivity (Wildman–Crippen MR) is 79.9 cm³/mol. The summed E-state index contributed by atoms with van der Waals surface area (Å²) in [7, 11) is 0. The summed E-state index contributed by atoms with van der Waals surface area (Å²) < 4.78 is 0. The molecular weight excluding hydrogens is 272 g/mol. The minimum atomic E-state index is -0.486. The van der Waals surface area contributed by atoms with Crippen molar-refractivity contribution >= 4 is 27.7 Å². The lowest BCUT2D eigenvalue weighted by molar-refractivity contribution is 0.108. The minimum absolute atomic E-state index is 0.459. The number of carbonyl (C=O) groups excluding carboxylic acids is 1. The summed E-state index contributed by atoms with van der Waals surface area (Å²) in [5.41, 5.74) is 3.62. The molecule has 2 aromatic heterocycles. The summed E-state index contributed by atoms with van der Waals surface area (Å²) in [5.74, 6) is 0. The van der Waals surface area contributed by atoms with Gasteiger partial charge in [0, 0.05) is 17.1 Å². The van der Waals surface area contributed by atoms with Gasteiger partial charge in [-0.2, -0.15) is 0 Å². The van der Waals surface area contributed by atoms with Crippen LogP contribution in [-0.4, -0.2) is 15.2 Å². The highest BCUT2D eigenvalue weighted by molar-refractivity contribution is 6.68. The van der Waals surface area contributed by atoms with Crippen LogP contribution in [0.4, 0.5) is 0 Å². The Morgan fingerprint density at radius 1 is 1.10 bits per heavy atom. The molecule has 0 saturated carbocycles. The zero-order valence-corrected chi connectivity index (χ0v) is 11.6. The largest absolute Gasteiger partial charge is 0.276 e. The molecule has 0 aliphatic rings. The number of nitrogens with zero attached hydrogens (tertiary/aromatic N) is 2. The average molecular weight is 283 g/mol. The molecule has 0 fully saturated rings. The van der Waals surface area contributed by atoms with Crippen molar-refractivity contribution in [3.05, 3.63) is 59.8 Å². The molecule has 0 aliphatic heterocycles. The van der Waals surface area contributed by atoms with E-state index in [0.29, 0.717) is 17.0 Å². The highest BCUT2D eigenvalue weighted by Crippen LogP contribution is 2.25. The van der Waals surface area contributed by atoms with Crippen molar-refractivity contribution < 1.29 is 4.79 Å². The highest BCUT2D eigenvalue weighted by Gasteiger charge is 2.12. The summed E-state index contributed by atoms with van der Waals surface area (Å²) in [6, 6.07) is 13.0. The van der Waals surface area contributed by atoms with E-state index in [1.165, 1.54) is 0 Å². The van der Waals surface area contributed by atoms with Crippen LogP contribution in [0.15, 0.2) is 48.7 Å². The summed E-state index contributed by atoms with van der Waals surface area (Å²) in [6.45, 7) is 1.97. The zero-order valence-electron chi connectivity index (χ0n) is 10.8. The third-order valence-corrected chi connectivity index (χ3v) is 3.31. The first kappa shape index (κ1) is 12.8. The van der Waals surface area contributed by atoms with E-state index in [-0.39, 0.29) is 0 Å². The molecule has 0 atom stereocenters. The first-order valence-corrected chi connectivity index (χ1v) is 6.55. The number of rotatable bonds is 2. The quantitative estimate of drug-likeness (QED) is 0.668. The number of aromatic nitrogens is 2. The maximum Gasteiger partial charge on any atom is 0.253 e. The van der Waals surface area contributed by atoms with Crippen molar-refractivity contribution in [2.75, 3.05) is 0 Å². The molecule has 1 aromatic carbocycles. The number of benzene rings is 1. The van der Waals surface area contributed by atoms with Gasteiger partial charge in [0.25, 0.3) is 5.24 Å². The van der Waals surface area contributed by atoms with Gasteiger partial charge in [-0.15, -0.1) is 0 Å². The van der Waals surface area contributed by atoms with Gasteiger partial charge in [-0.3, -0.25) is 9.78 Å². The van der Waals surface area contributed by atoms with Gasteiger partial charge in [0.05, 0.1) is 16.9 Å². The van der Waals surface area contributed by atoms with Crippen LogP contribution in [-0.2, 0) is 0 Å². The van der Waals surface area contributed by atoms with Gasteiger partial charge in [-0.25, -0.2) is 4.98 Å². The molecule has 0 aliphatic carbocycles. The number of hydrogen-bond acceptors (Lipinski definition) is 3. The summed E-state index contributed by atoms with van der Waals surface area (Å²) in [5, 5.41) is 0.282. The van der Waals surface area contributed by atoms with Crippen molar-refractivity contribution in [3.8, 4) is 11.4 Å². The second kappa shape index (κ2) is 5.02. The van der Waals surface area contributed by atoms with E-state index in [2.05, 4.69) is 9.97 Å². The van der Waals surface area contributed by atoms with E-state index < -0.39 is 5.24 Å². The van der Waals surface area contributed by atoms with Gasteiger partial charge in [-0.1, -0.05) is 17.7 Å². The van der Waals surface area contributed by atoms with Crippen molar-refractivity contribution in [2.24, 2.45) is 0 Å². The molecule has 0 spiro atoms. The molecule has 0 unspecified atom stereocenters. The van der Waals surface area contributed by atoms with Crippen LogP contribution in [0.5, 0.6) is 0 Å². The Hall–Kier alpha value is -2.26. The molecule has 3 rings (SSSR count). The molecule has 98 valence electrons. The second-order valence-corrected chi connectivity index (χ2v) is 4.91. The van der Waals surface area contributed by atoms with Crippen molar-refractivity contribution in [1.29, 1.82) is 0 Å². The fourth-order valence-corrected chi connectivity index (χ4v) is 2.30. The normalized spacial score (nSPS) is 10.7. The van der Waals surface area contributed by atoms with Gasteiger partial charge in [0.2, 0.25) is 0 Å². The predicted octanol–water partition coefficient (Wildman–Crippen LogP) is 3.98. The Balaban J connectivity index is 2.32. The molecule has 20 heavy (non-hydrogen) atoms. The fraction of sp³-hybridized carbons (Fsp3) is 0.0625. The van der Waals surface area contributed by atoms with Gasteiger partial charge in [-0.05, 0) is 48.9 Å². The monoisotopic (exact) mass is 282 g/mol. The molecular formula is C16H11ClN2O. The number of aryl methyl sites for hydroxylation is 1. The molecule has 3 aromatic rings. The second-order valence-electron chi connectivity index (χ2n) is 4.56. The van der Waals surface area contributed by atoms with E-state index in [0.717, 1.165) is 16.5 Å². The lowest BCUT2D eigenvalue weighted by Crippen LogP contribution is -1.97. The van der Waals surface area contributed by atoms with Crippen molar-refractivity contribution in [1.82, 2.24) is 9.97 Å². The first-order chi connectivity index (χ1) is 9.65. The molecule has 0 bridgehead atoms. The van der Waals surface area contributed by atoms with Crippen molar-refractivity contribution in [2.45, 2.75) is 6.92 Å². The van der Waals surface area contributed by atoms with E-state index >= 15 is 0 Å². The highest BCUT2D eigenvalue weighted by atomic mass is 35.5. The standard InChI is InChI=1S/C16H11ClN2O/c1-10-5-6-13-11(8-10)12(16(17)20)9-15(19-13)14-4-2-3-7-18-14/h2-9H,1H3. The van der Waals surface area contributed by atoms with E-state index in [1.807, 2.05) is 43.3 Å². The van der Waals surface area contributed by atoms with E-state index in [4.69, 9.17) is 11.6 Å². The minimum Gasteiger partial charge on any atom is -0.276 e. The smallest absolute Gasteiger partial charge is 0.253 e. The summed E-state index contributed by atoms with van der Waals surface area (Å²) in [6.07, 6.45) is 1.69. The lowest BCUT2D eigenvalue weighted by Gasteiger charge is -2.07. The van der Waals surface area contributed by atoms with Gasteiger partial charge in [0.1, 0.15) is 0 Å². The summed E-state index contributed by atoms with van der Waals surface area (Å²) >= 11 is 5.71. The maximum absolute atomic E-state index is 11.7. The number of fused-ring (bicyclic) bond motifs is 1. The Kier molecular flexibility index (Phi) is 3.20. The van der Waals surface area contributed by atoms with E-state index in [9.17, 15) is 4.79 Å². The van der Waals surface area contributed by atoms with Gasteiger partial charge in [0.15, 0.2) is 0 Å². The van der Waals surface area contributed by atoms with Crippen LogP contribution >= 0.6 is 11.6 Å². The molecule has 0 saturated heterocycles. The van der Waals surface area contributed by atoms with E-state index in [1.54, 1.807) is 12.3 Å². The molecule has 4 heteroatoms. The maximum atomic E-state index is 11.7. The fourth-order valence-electron chi connectivity index (χ4n) is 2.15. The Morgan fingerprint density at radius 2 is 1.95 bits per heavy atom. The number of hydrogen-bond donors (Lipinski definition) is 0. The lowest BCUT2D eigenvalue weighted by atomic mass is 10.0. The van der Waals surface area contributed by atoms with Crippen LogP contribution in [0.2, 0.25) is 0 Å². The Bertz CT molecular complexity index is 800. The van der Waals surface area contributed by atoms with Crippen LogP contribution in [0.25, 0.3) is 22.3 Å². The molecule has 0 radical (unpaired) electrons. The number of carbonyl (C=O) groups is 1. The molecule has 3 nitrogen and oxygen atoms in total. The third kappa shape index (κ3) is 2.28. The number of halogens is 1. The molecule has 0 N–H and O–H groups in total. The molecule has 2 heterocycles. The van der Waals surface area contributed by atoms with Crippen molar-refractivity contribution in [3.63, 3.8) is 0 Å². The van der Waals surface area contributed by atoms with Gasteiger partial charge >= 0.3 is 0 Å². The molecule has 0 amide bonds. The summed E-state index contributed by atoms with van der Waals surface area (Å²) in [4.78, 5) is 20.5. The van der Waals surface area contributed by atoms with Crippen LogP contribution in [0, 0.1) is 6.92 Å². The van der Waals surface area contributed by atoms with Crippen LogP contribution in [0.3, 0.4) is 0 Å².